The summed E-state index contributed by atoms with van der Waals surface area (Å²) >= 11 is 0. The molecule has 1 N–H and O–H groups in total. The number of hydrogen-bond donors (Lipinski definition) is 1. The Morgan fingerprint density at radius 1 is 1.16 bits per heavy atom. The summed E-state index contributed by atoms with van der Waals surface area (Å²) in [4.78, 5) is 22.9. The molecule has 0 aliphatic heterocycles. The Labute approximate surface area is 110 Å². The minimum Gasteiger partial charge on any atom is -0.293 e. The van der Waals surface area contributed by atoms with Gasteiger partial charge >= 0.3 is 0 Å². The SMILES string of the molecule is O=C1CC=CC(C(=O)c2ccccc2)=C1S(=O)(=O)O. The van der Waals surface area contributed by atoms with Gasteiger partial charge in [0.2, 0.25) is 0 Å². The van der Waals surface area contributed by atoms with Crippen LogP contribution in [0, 0.1) is 0 Å². The lowest BCUT2D eigenvalue weighted by Gasteiger charge is -2.11. The van der Waals surface area contributed by atoms with E-state index in [9.17, 15) is 18.0 Å². The minimum atomic E-state index is -4.72. The van der Waals surface area contributed by atoms with Crippen LogP contribution >= 0.6 is 0 Å². The van der Waals surface area contributed by atoms with Gasteiger partial charge in [0.1, 0.15) is 4.91 Å². The van der Waals surface area contributed by atoms with Gasteiger partial charge < -0.3 is 0 Å². The van der Waals surface area contributed by atoms with Crippen LogP contribution in [-0.4, -0.2) is 24.5 Å². The maximum Gasteiger partial charge on any atom is 0.298 e. The van der Waals surface area contributed by atoms with Crippen LogP contribution in [0.15, 0.2) is 53.0 Å². The minimum absolute atomic E-state index is 0.152. The maximum absolute atomic E-state index is 12.2. The molecule has 0 amide bonds. The zero-order valence-corrected chi connectivity index (χ0v) is 10.6. The molecule has 0 atom stereocenters. The third-order valence-corrected chi connectivity index (χ3v) is 3.59. The second-order valence-corrected chi connectivity index (χ2v) is 5.30. The van der Waals surface area contributed by atoms with Gasteiger partial charge in [-0.15, -0.1) is 0 Å². The van der Waals surface area contributed by atoms with Crippen molar-refractivity contribution in [1.29, 1.82) is 0 Å². The van der Waals surface area contributed by atoms with Crippen LogP contribution < -0.4 is 0 Å². The highest BCUT2D eigenvalue weighted by atomic mass is 32.2. The molecule has 6 heteroatoms. The molecule has 0 radical (unpaired) electrons. The molecule has 0 heterocycles. The summed E-state index contributed by atoms with van der Waals surface area (Å²) in [5, 5.41) is 0. The highest BCUT2D eigenvalue weighted by molar-refractivity contribution is 7.91. The molecule has 0 saturated heterocycles. The van der Waals surface area contributed by atoms with E-state index in [2.05, 4.69) is 0 Å². The van der Waals surface area contributed by atoms with Gasteiger partial charge in [0, 0.05) is 17.6 Å². The lowest BCUT2D eigenvalue weighted by atomic mass is 9.97. The maximum atomic E-state index is 12.2. The number of carbonyl (C=O) groups is 2. The average Bonchev–Trinajstić information content (AvgIpc) is 2.37. The molecule has 98 valence electrons. The van der Waals surface area contributed by atoms with E-state index in [0.717, 1.165) is 0 Å². The number of carbonyl (C=O) groups excluding carboxylic acids is 2. The largest absolute Gasteiger partial charge is 0.298 e. The number of allylic oxidation sites excluding steroid dienone is 4. The second-order valence-electron chi connectivity index (χ2n) is 3.94. The number of ketones is 2. The molecule has 0 saturated carbocycles. The van der Waals surface area contributed by atoms with Crippen molar-refractivity contribution in [2.45, 2.75) is 6.42 Å². The fraction of sp³-hybridized carbons (Fsp3) is 0.0769. The van der Waals surface area contributed by atoms with Crippen LogP contribution in [0.4, 0.5) is 0 Å². The lowest BCUT2D eigenvalue weighted by Crippen LogP contribution is -2.20. The molecule has 1 aromatic rings. The monoisotopic (exact) mass is 278 g/mol. The van der Waals surface area contributed by atoms with Crippen molar-refractivity contribution in [3.63, 3.8) is 0 Å². The van der Waals surface area contributed by atoms with E-state index in [4.69, 9.17) is 4.55 Å². The summed E-state index contributed by atoms with van der Waals surface area (Å²) in [6.45, 7) is 0. The van der Waals surface area contributed by atoms with E-state index in [1.807, 2.05) is 0 Å². The van der Waals surface area contributed by atoms with E-state index in [0.29, 0.717) is 0 Å². The van der Waals surface area contributed by atoms with Gasteiger partial charge in [0.15, 0.2) is 11.6 Å². The molecule has 5 nitrogen and oxygen atoms in total. The molecule has 1 aliphatic carbocycles. The Morgan fingerprint density at radius 3 is 2.37 bits per heavy atom. The van der Waals surface area contributed by atoms with Gasteiger partial charge in [-0.05, 0) is 0 Å². The fourth-order valence-corrected chi connectivity index (χ4v) is 2.62. The average molecular weight is 278 g/mol. The van der Waals surface area contributed by atoms with Crippen LogP contribution in [-0.2, 0) is 14.9 Å². The van der Waals surface area contributed by atoms with Gasteiger partial charge in [-0.25, -0.2) is 0 Å². The first-order chi connectivity index (χ1) is 8.91. The number of rotatable bonds is 3. The van der Waals surface area contributed by atoms with Gasteiger partial charge in [-0.2, -0.15) is 8.42 Å². The van der Waals surface area contributed by atoms with E-state index in [-0.39, 0.29) is 17.6 Å². The van der Waals surface area contributed by atoms with Gasteiger partial charge in [-0.3, -0.25) is 14.1 Å². The number of Topliss-reactive ketones (excluding diaryl/α,β-unsaturated/α-hetero) is 2. The van der Waals surface area contributed by atoms with E-state index in [1.54, 1.807) is 18.2 Å². The van der Waals surface area contributed by atoms with Crippen molar-refractivity contribution >= 4 is 21.7 Å². The van der Waals surface area contributed by atoms with Crippen molar-refractivity contribution in [2.24, 2.45) is 0 Å². The lowest BCUT2D eigenvalue weighted by molar-refractivity contribution is -0.114. The van der Waals surface area contributed by atoms with Crippen molar-refractivity contribution in [3.05, 3.63) is 58.5 Å². The molecular weight excluding hydrogens is 268 g/mol. The van der Waals surface area contributed by atoms with E-state index < -0.39 is 26.6 Å². The first-order valence-electron chi connectivity index (χ1n) is 5.42. The first kappa shape index (κ1) is 13.4. The molecule has 0 unspecified atom stereocenters. The molecule has 0 fully saturated rings. The molecule has 0 spiro atoms. The summed E-state index contributed by atoms with van der Waals surface area (Å²) in [5.74, 6) is -1.40. The van der Waals surface area contributed by atoms with Crippen molar-refractivity contribution < 1.29 is 22.6 Å². The molecular formula is C13H10O5S. The van der Waals surface area contributed by atoms with Crippen LogP contribution in [0.1, 0.15) is 16.8 Å². The second kappa shape index (κ2) is 4.91. The van der Waals surface area contributed by atoms with Gasteiger partial charge in [0.25, 0.3) is 10.1 Å². The van der Waals surface area contributed by atoms with Crippen molar-refractivity contribution in [1.82, 2.24) is 0 Å². The summed E-state index contributed by atoms with van der Waals surface area (Å²) in [5.41, 5.74) is -0.0528. The predicted molar refractivity (Wildman–Crippen MR) is 68.1 cm³/mol. The summed E-state index contributed by atoms with van der Waals surface area (Å²) in [6, 6.07) is 7.95. The van der Waals surface area contributed by atoms with Gasteiger partial charge in [0.05, 0.1) is 0 Å². The third-order valence-electron chi connectivity index (χ3n) is 2.62. The van der Waals surface area contributed by atoms with E-state index in [1.165, 1.54) is 24.3 Å². The quantitative estimate of drug-likeness (QED) is 0.669. The van der Waals surface area contributed by atoms with Crippen LogP contribution in [0.3, 0.4) is 0 Å². The fourth-order valence-electron chi connectivity index (χ4n) is 1.81. The van der Waals surface area contributed by atoms with Crippen LogP contribution in [0.2, 0.25) is 0 Å². The third kappa shape index (κ3) is 2.69. The molecule has 2 rings (SSSR count). The van der Waals surface area contributed by atoms with Crippen LogP contribution in [0.25, 0.3) is 0 Å². The number of benzene rings is 1. The van der Waals surface area contributed by atoms with E-state index >= 15 is 0 Å². The summed E-state index contributed by atoms with van der Waals surface area (Å²) < 4.78 is 31.6. The molecule has 0 aromatic heterocycles. The number of hydrogen-bond acceptors (Lipinski definition) is 4. The summed E-state index contributed by atoms with van der Waals surface area (Å²) in [6.07, 6.45) is 2.49. The Morgan fingerprint density at radius 2 is 1.79 bits per heavy atom. The smallest absolute Gasteiger partial charge is 0.293 e. The van der Waals surface area contributed by atoms with Crippen molar-refractivity contribution in [3.8, 4) is 0 Å². The Balaban J connectivity index is 2.61. The highest BCUT2D eigenvalue weighted by Gasteiger charge is 2.31. The predicted octanol–water partition coefficient (Wildman–Crippen LogP) is 1.54. The first-order valence-corrected chi connectivity index (χ1v) is 6.86. The highest BCUT2D eigenvalue weighted by Crippen LogP contribution is 2.23. The molecule has 19 heavy (non-hydrogen) atoms. The van der Waals surface area contributed by atoms with Crippen LogP contribution in [0.5, 0.6) is 0 Å². The zero-order chi connectivity index (χ0) is 14.0. The summed E-state index contributed by atoms with van der Waals surface area (Å²) in [7, 11) is -4.72. The zero-order valence-electron chi connectivity index (χ0n) is 9.74. The molecule has 0 bridgehead atoms. The molecule has 1 aliphatic rings. The topological polar surface area (TPSA) is 88.5 Å². The molecule has 1 aromatic carbocycles. The van der Waals surface area contributed by atoms with Gasteiger partial charge in [-0.1, -0.05) is 42.5 Å². The Kier molecular flexibility index (Phi) is 3.46. The Hall–Kier alpha value is -2.05. The van der Waals surface area contributed by atoms with Crippen molar-refractivity contribution in [2.75, 3.05) is 0 Å². The normalized spacial score (nSPS) is 15.7. The Bertz CT molecular complexity index is 696. The standard InChI is InChI=1S/C13H10O5S/c14-11-8-4-7-10(13(11)19(16,17)18)12(15)9-5-2-1-3-6-9/h1-7H,8H2,(H,16,17,18).